The van der Waals surface area contributed by atoms with Crippen molar-refractivity contribution in [2.45, 2.75) is 27.3 Å². The van der Waals surface area contributed by atoms with Gasteiger partial charge in [-0.25, -0.2) is 0 Å². The van der Waals surface area contributed by atoms with Crippen molar-refractivity contribution in [2.24, 2.45) is 0 Å². The molecule has 1 aromatic carbocycles. The second-order valence-corrected chi connectivity index (χ2v) is 6.11. The topological polar surface area (TPSA) is 103 Å². The van der Waals surface area contributed by atoms with Gasteiger partial charge in [0.1, 0.15) is 5.56 Å². The molecule has 0 aliphatic carbocycles. The van der Waals surface area contributed by atoms with E-state index in [9.17, 15) is 24.5 Å². The van der Waals surface area contributed by atoms with Crippen molar-refractivity contribution in [1.82, 2.24) is 9.47 Å². The van der Waals surface area contributed by atoms with Crippen molar-refractivity contribution in [3.05, 3.63) is 62.5 Å². The highest BCUT2D eigenvalue weighted by atomic mass is 16.6. The maximum absolute atomic E-state index is 12.7. The van der Waals surface area contributed by atoms with Gasteiger partial charge in [0.2, 0.25) is 0 Å². The third-order valence-corrected chi connectivity index (χ3v) is 4.67. The van der Waals surface area contributed by atoms with E-state index >= 15 is 0 Å². The van der Waals surface area contributed by atoms with Crippen LogP contribution in [0.1, 0.15) is 49.4 Å². The first kappa shape index (κ1) is 17.5. The van der Waals surface area contributed by atoms with Crippen LogP contribution in [0, 0.1) is 24.0 Å². The van der Waals surface area contributed by atoms with Crippen LogP contribution < -0.4 is 0 Å². The van der Waals surface area contributed by atoms with E-state index in [4.69, 9.17) is 0 Å². The highest BCUT2D eigenvalue weighted by Crippen LogP contribution is 2.31. The van der Waals surface area contributed by atoms with E-state index in [1.807, 2.05) is 18.4 Å². The molecule has 0 bridgehead atoms. The van der Waals surface area contributed by atoms with Crippen LogP contribution in [0.2, 0.25) is 0 Å². The van der Waals surface area contributed by atoms with Crippen molar-refractivity contribution in [1.29, 1.82) is 0 Å². The van der Waals surface area contributed by atoms with Gasteiger partial charge in [-0.3, -0.25) is 29.4 Å². The van der Waals surface area contributed by atoms with E-state index in [1.54, 1.807) is 13.0 Å². The fraction of sp³-hybridized carbons (Fsp3) is 0.278. The summed E-state index contributed by atoms with van der Waals surface area (Å²) in [6, 6.07) is 5.60. The molecule has 26 heavy (non-hydrogen) atoms. The van der Waals surface area contributed by atoms with Gasteiger partial charge in [0, 0.05) is 29.6 Å². The Morgan fingerprint density at radius 3 is 2.46 bits per heavy atom. The fourth-order valence-corrected chi connectivity index (χ4v) is 3.41. The van der Waals surface area contributed by atoms with Crippen LogP contribution in [0.5, 0.6) is 0 Å². The number of aryl methyl sites for hydroxylation is 1. The molecule has 0 unspecified atom stereocenters. The summed E-state index contributed by atoms with van der Waals surface area (Å²) in [4.78, 5) is 48.9. The summed E-state index contributed by atoms with van der Waals surface area (Å²) < 4.78 is 1.96. The van der Waals surface area contributed by atoms with Crippen molar-refractivity contribution in [2.75, 3.05) is 6.54 Å². The Labute approximate surface area is 149 Å². The number of ketones is 1. The number of nitro benzene ring substituents is 1. The van der Waals surface area contributed by atoms with E-state index in [1.165, 1.54) is 18.2 Å². The smallest absolute Gasteiger partial charge is 0.282 e. The summed E-state index contributed by atoms with van der Waals surface area (Å²) in [5, 5.41) is 11.1. The number of hydrogen-bond donors (Lipinski definition) is 0. The average molecular weight is 355 g/mol. The molecule has 2 heterocycles. The van der Waals surface area contributed by atoms with Gasteiger partial charge in [-0.1, -0.05) is 6.07 Å². The van der Waals surface area contributed by atoms with Gasteiger partial charge in [-0.15, -0.1) is 0 Å². The number of nitrogens with zero attached hydrogens (tertiary/aromatic N) is 3. The molecule has 1 aliphatic heterocycles. The predicted octanol–water partition coefficient (Wildman–Crippen LogP) is 2.51. The molecule has 0 saturated heterocycles. The third-order valence-electron chi connectivity index (χ3n) is 4.67. The highest BCUT2D eigenvalue weighted by Gasteiger charge is 2.41. The average Bonchev–Trinajstić information content (AvgIpc) is 3.03. The monoisotopic (exact) mass is 355 g/mol. The molecule has 1 aliphatic rings. The lowest BCUT2D eigenvalue weighted by Gasteiger charge is -2.13. The highest BCUT2D eigenvalue weighted by molar-refractivity contribution is 6.24. The van der Waals surface area contributed by atoms with E-state index in [2.05, 4.69) is 0 Å². The second-order valence-electron chi connectivity index (χ2n) is 6.11. The first-order valence-corrected chi connectivity index (χ1v) is 8.11. The van der Waals surface area contributed by atoms with Gasteiger partial charge in [-0.2, -0.15) is 0 Å². The molecule has 2 aromatic rings. The first-order chi connectivity index (χ1) is 12.3. The number of hydrogen-bond acceptors (Lipinski definition) is 5. The fourth-order valence-electron chi connectivity index (χ4n) is 3.41. The van der Waals surface area contributed by atoms with Gasteiger partial charge in [-0.05, 0) is 32.9 Å². The minimum absolute atomic E-state index is 0.0453. The van der Waals surface area contributed by atoms with E-state index < -0.39 is 29.0 Å². The van der Waals surface area contributed by atoms with Crippen molar-refractivity contribution in [3.8, 4) is 0 Å². The standard InChI is InChI=1S/C18H17N3O5/c1-4-19-10(2)8-13(11(19)3)15(22)9-20-17(23)12-6-5-7-14(21(25)26)16(12)18(20)24/h5-8H,4,9H2,1-3H3. The largest absolute Gasteiger partial charge is 0.349 e. The molecule has 2 amide bonds. The molecule has 0 spiro atoms. The Morgan fingerprint density at radius 1 is 1.19 bits per heavy atom. The van der Waals surface area contributed by atoms with Crippen molar-refractivity contribution in [3.63, 3.8) is 0 Å². The number of benzene rings is 1. The van der Waals surface area contributed by atoms with Gasteiger partial charge < -0.3 is 4.57 Å². The maximum atomic E-state index is 12.7. The Balaban J connectivity index is 1.94. The van der Waals surface area contributed by atoms with Crippen LogP contribution >= 0.6 is 0 Å². The Hall–Kier alpha value is -3.29. The maximum Gasteiger partial charge on any atom is 0.282 e. The Bertz CT molecular complexity index is 973. The molecule has 0 fully saturated rings. The van der Waals surface area contributed by atoms with E-state index in [0.717, 1.165) is 16.3 Å². The quantitative estimate of drug-likeness (QED) is 0.355. The number of carbonyl (C=O) groups is 3. The molecule has 8 heteroatoms. The number of amides is 2. The Morgan fingerprint density at radius 2 is 1.88 bits per heavy atom. The SMILES string of the molecule is CCn1c(C)cc(C(=O)CN2C(=O)c3cccc([N+](=O)[O-])c3C2=O)c1C. The zero-order valence-corrected chi connectivity index (χ0v) is 14.6. The number of aromatic nitrogens is 1. The third kappa shape index (κ3) is 2.50. The molecule has 3 rings (SSSR count). The molecule has 1 aromatic heterocycles. The van der Waals surface area contributed by atoms with Crippen LogP contribution in [0.15, 0.2) is 24.3 Å². The summed E-state index contributed by atoms with van der Waals surface area (Å²) in [6.45, 7) is 5.88. The zero-order chi connectivity index (χ0) is 19.2. The van der Waals surface area contributed by atoms with E-state index in [0.29, 0.717) is 12.1 Å². The number of fused-ring (bicyclic) bond motifs is 1. The van der Waals surface area contributed by atoms with Crippen molar-refractivity contribution >= 4 is 23.3 Å². The van der Waals surface area contributed by atoms with Crippen LogP contribution in [-0.2, 0) is 6.54 Å². The molecule has 0 N–H and O–H groups in total. The summed E-state index contributed by atoms with van der Waals surface area (Å²) >= 11 is 0. The lowest BCUT2D eigenvalue weighted by atomic mass is 10.1. The minimum atomic E-state index is -0.810. The van der Waals surface area contributed by atoms with Crippen LogP contribution in [0.3, 0.4) is 0 Å². The molecular formula is C18H17N3O5. The Kier molecular flexibility index (Phi) is 4.19. The summed E-state index contributed by atoms with van der Waals surface area (Å²) in [5.74, 6) is -1.88. The van der Waals surface area contributed by atoms with Crippen molar-refractivity contribution < 1.29 is 19.3 Å². The lowest BCUT2D eigenvalue weighted by Crippen LogP contribution is -2.35. The molecule has 0 radical (unpaired) electrons. The zero-order valence-electron chi connectivity index (χ0n) is 14.6. The molecule has 134 valence electrons. The number of nitro groups is 1. The van der Waals surface area contributed by atoms with Gasteiger partial charge in [0.05, 0.1) is 17.0 Å². The van der Waals surface area contributed by atoms with Crippen LogP contribution in [0.4, 0.5) is 5.69 Å². The number of rotatable bonds is 5. The van der Waals surface area contributed by atoms with Crippen LogP contribution in [-0.4, -0.2) is 38.5 Å². The van der Waals surface area contributed by atoms with Gasteiger partial charge in [0.15, 0.2) is 5.78 Å². The molecule has 0 saturated carbocycles. The summed E-state index contributed by atoms with van der Waals surface area (Å²) in [6.07, 6.45) is 0. The number of carbonyl (C=O) groups excluding carboxylic acids is 3. The lowest BCUT2D eigenvalue weighted by molar-refractivity contribution is -0.385. The van der Waals surface area contributed by atoms with Gasteiger partial charge in [0.25, 0.3) is 17.5 Å². The number of Topliss-reactive ketones (excluding diaryl/α,β-unsaturated/α-hetero) is 1. The normalized spacial score (nSPS) is 13.3. The summed E-state index contributed by atoms with van der Waals surface area (Å²) in [5.41, 5.74) is 1.38. The first-order valence-electron chi connectivity index (χ1n) is 8.11. The second kappa shape index (κ2) is 6.21. The minimum Gasteiger partial charge on any atom is -0.349 e. The number of imide groups is 1. The van der Waals surface area contributed by atoms with E-state index in [-0.39, 0.29) is 16.9 Å². The predicted molar refractivity (Wildman–Crippen MR) is 92.4 cm³/mol. The summed E-state index contributed by atoms with van der Waals surface area (Å²) in [7, 11) is 0. The van der Waals surface area contributed by atoms with Crippen LogP contribution in [0.25, 0.3) is 0 Å². The van der Waals surface area contributed by atoms with Gasteiger partial charge >= 0.3 is 0 Å². The molecular weight excluding hydrogens is 338 g/mol. The molecule has 0 atom stereocenters. The molecule has 8 nitrogen and oxygen atoms in total.